The highest BCUT2D eigenvalue weighted by Gasteiger charge is 2.33. The molecule has 1 rings (SSSR count). The summed E-state index contributed by atoms with van der Waals surface area (Å²) in [7, 11) is 1.71. The Bertz CT molecular complexity index is 430. The number of nitrogens with zero attached hydrogens (tertiary/aromatic N) is 2. The van der Waals surface area contributed by atoms with Gasteiger partial charge < -0.3 is 4.90 Å². The molecule has 1 heterocycles. The van der Waals surface area contributed by atoms with Crippen LogP contribution in [0.1, 0.15) is 32.8 Å². The molecule has 0 saturated heterocycles. The summed E-state index contributed by atoms with van der Waals surface area (Å²) in [5.41, 5.74) is -1.07. The quantitative estimate of drug-likeness (QED) is 0.764. The first-order valence-electron chi connectivity index (χ1n) is 5.56. The SMILES string of the molecule is CCC(C)(C)N(C)c1cc(C(F)(F)F)cc(Cl)n1. The van der Waals surface area contributed by atoms with Crippen molar-refractivity contribution in [3.05, 3.63) is 22.8 Å². The summed E-state index contributed by atoms with van der Waals surface area (Å²) in [4.78, 5) is 5.66. The maximum absolute atomic E-state index is 12.7. The molecule has 0 spiro atoms. The summed E-state index contributed by atoms with van der Waals surface area (Å²) in [5, 5.41) is -0.154. The summed E-state index contributed by atoms with van der Waals surface area (Å²) in [6.07, 6.45) is -3.64. The molecule has 0 aliphatic heterocycles. The van der Waals surface area contributed by atoms with Crippen molar-refractivity contribution in [1.29, 1.82) is 0 Å². The molecule has 0 bridgehead atoms. The highest BCUT2D eigenvalue weighted by atomic mass is 35.5. The van der Waals surface area contributed by atoms with E-state index >= 15 is 0 Å². The van der Waals surface area contributed by atoms with Crippen LogP contribution in [0.3, 0.4) is 0 Å². The Balaban J connectivity index is 3.23. The van der Waals surface area contributed by atoms with Crippen molar-refractivity contribution >= 4 is 17.4 Å². The first-order chi connectivity index (χ1) is 8.08. The first-order valence-corrected chi connectivity index (χ1v) is 5.94. The summed E-state index contributed by atoms with van der Waals surface area (Å²) >= 11 is 5.66. The van der Waals surface area contributed by atoms with Gasteiger partial charge in [0.2, 0.25) is 0 Å². The molecule has 0 unspecified atom stereocenters. The average molecular weight is 281 g/mol. The third-order valence-electron chi connectivity index (χ3n) is 3.22. The molecule has 6 heteroatoms. The highest BCUT2D eigenvalue weighted by Crippen LogP contribution is 2.34. The zero-order valence-electron chi connectivity index (χ0n) is 10.8. The minimum atomic E-state index is -4.42. The van der Waals surface area contributed by atoms with Gasteiger partial charge in [0.1, 0.15) is 11.0 Å². The lowest BCUT2D eigenvalue weighted by atomic mass is 10.00. The number of hydrogen-bond acceptors (Lipinski definition) is 2. The molecule has 0 aromatic carbocycles. The van der Waals surface area contributed by atoms with Crippen molar-refractivity contribution in [2.24, 2.45) is 0 Å². The van der Waals surface area contributed by atoms with E-state index in [1.165, 1.54) is 0 Å². The normalized spacial score (nSPS) is 12.7. The van der Waals surface area contributed by atoms with Gasteiger partial charge in [-0.2, -0.15) is 13.2 Å². The van der Waals surface area contributed by atoms with Gasteiger partial charge >= 0.3 is 6.18 Å². The minimum absolute atomic E-state index is 0.154. The Morgan fingerprint density at radius 2 is 1.83 bits per heavy atom. The minimum Gasteiger partial charge on any atom is -0.355 e. The number of hydrogen-bond donors (Lipinski definition) is 0. The van der Waals surface area contributed by atoms with E-state index in [0.717, 1.165) is 18.6 Å². The van der Waals surface area contributed by atoms with Gasteiger partial charge in [-0.05, 0) is 32.4 Å². The third-order valence-corrected chi connectivity index (χ3v) is 3.42. The smallest absolute Gasteiger partial charge is 0.355 e. The van der Waals surface area contributed by atoms with E-state index in [1.54, 1.807) is 11.9 Å². The third kappa shape index (κ3) is 3.28. The zero-order valence-corrected chi connectivity index (χ0v) is 11.5. The lowest BCUT2D eigenvalue weighted by Gasteiger charge is -2.36. The molecule has 0 saturated carbocycles. The molecule has 0 atom stereocenters. The van der Waals surface area contributed by atoms with E-state index in [9.17, 15) is 13.2 Å². The van der Waals surface area contributed by atoms with Gasteiger partial charge in [-0.3, -0.25) is 0 Å². The topological polar surface area (TPSA) is 16.1 Å². The summed E-state index contributed by atoms with van der Waals surface area (Å²) in [5.74, 6) is 0.224. The largest absolute Gasteiger partial charge is 0.416 e. The van der Waals surface area contributed by atoms with Crippen molar-refractivity contribution < 1.29 is 13.2 Å². The van der Waals surface area contributed by atoms with Crippen LogP contribution in [0.4, 0.5) is 19.0 Å². The van der Waals surface area contributed by atoms with Gasteiger partial charge in [-0.25, -0.2) is 4.98 Å². The maximum Gasteiger partial charge on any atom is 0.416 e. The van der Waals surface area contributed by atoms with E-state index in [1.807, 2.05) is 20.8 Å². The Morgan fingerprint density at radius 3 is 2.28 bits per heavy atom. The van der Waals surface area contributed by atoms with E-state index in [-0.39, 0.29) is 16.5 Å². The monoisotopic (exact) mass is 280 g/mol. The number of anilines is 1. The number of rotatable bonds is 3. The van der Waals surface area contributed by atoms with Crippen LogP contribution < -0.4 is 4.90 Å². The van der Waals surface area contributed by atoms with Crippen LogP contribution in [-0.2, 0) is 6.18 Å². The molecule has 0 amide bonds. The summed E-state index contributed by atoms with van der Waals surface area (Å²) < 4.78 is 38.1. The van der Waals surface area contributed by atoms with Crippen molar-refractivity contribution in [1.82, 2.24) is 4.98 Å². The van der Waals surface area contributed by atoms with Crippen LogP contribution >= 0.6 is 11.6 Å². The van der Waals surface area contributed by atoms with E-state index in [2.05, 4.69) is 4.98 Å². The Morgan fingerprint density at radius 1 is 1.28 bits per heavy atom. The maximum atomic E-state index is 12.7. The van der Waals surface area contributed by atoms with Crippen molar-refractivity contribution in [2.75, 3.05) is 11.9 Å². The lowest BCUT2D eigenvalue weighted by molar-refractivity contribution is -0.137. The van der Waals surface area contributed by atoms with Crippen molar-refractivity contribution in [3.63, 3.8) is 0 Å². The fraction of sp³-hybridized carbons (Fsp3) is 0.583. The second-order valence-corrected chi connectivity index (χ2v) is 5.15. The van der Waals surface area contributed by atoms with E-state index in [0.29, 0.717) is 0 Å². The summed E-state index contributed by atoms with van der Waals surface area (Å²) in [6.45, 7) is 5.83. The molecule has 2 nitrogen and oxygen atoms in total. The van der Waals surface area contributed by atoms with Gasteiger partial charge in [0, 0.05) is 12.6 Å². The molecule has 0 aliphatic rings. The number of halogens is 4. The van der Waals surface area contributed by atoms with Crippen molar-refractivity contribution in [3.8, 4) is 0 Å². The Labute approximate surface area is 110 Å². The fourth-order valence-corrected chi connectivity index (χ4v) is 1.57. The average Bonchev–Trinajstić information content (AvgIpc) is 2.26. The van der Waals surface area contributed by atoms with E-state index < -0.39 is 11.7 Å². The van der Waals surface area contributed by atoms with Gasteiger partial charge in [0.15, 0.2) is 0 Å². The molecule has 1 aromatic rings. The van der Waals surface area contributed by atoms with Gasteiger partial charge in [0.05, 0.1) is 5.56 Å². The molecule has 1 aromatic heterocycles. The second-order valence-electron chi connectivity index (χ2n) is 4.76. The van der Waals surface area contributed by atoms with Gasteiger partial charge in [-0.15, -0.1) is 0 Å². The number of alkyl halides is 3. The molecular weight excluding hydrogens is 265 g/mol. The Kier molecular flexibility index (Phi) is 4.15. The first kappa shape index (κ1) is 15.1. The van der Waals surface area contributed by atoms with Crippen LogP contribution in [0.25, 0.3) is 0 Å². The highest BCUT2D eigenvalue weighted by molar-refractivity contribution is 6.29. The van der Waals surface area contributed by atoms with Crippen LogP contribution in [0.2, 0.25) is 5.15 Å². The molecule has 102 valence electrons. The lowest BCUT2D eigenvalue weighted by Crippen LogP contribution is -2.41. The molecule has 0 radical (unpaired) electrons. The van der Waals surface area contributed by atoms with E-state index in [4.69, 9.17) is 11.6 Å². The van der Waals surface area contributed by atoms with Crippen LogP contribution in [0, 0.1) is 0 Å². The predicted molar refractivity (Wildman–Crippen MR) is 67.0 cm³/mol. The molecule has 0 aliphatic carbocycles. The molecule has 18 heavy (non-hydrogen) atoms. The van der Waals surface area contributed by atoms with Crippen molar-refractivity contribution in [2.45, 2.75) is 38.9 Å². The van der Waals surface area contributed by atoms with Crippen LogP contribution in [-0.4, -0.2) is 17.6 Å². The zero-order chi connectivity index (χ0) is 14.1. The number of aromatic nitrogens is 1. The Hall–Kier alpha value is -0.970. The fourth-order valence-electron chi connectivity index (χ4n) is 1.37. The van der Waals surface area contributed by atoms with Gasteiger partial charge in [0.25, 0.3) is 0 Å². The molecule has 0 fully saturated rings. The molecule has 0 N–H and O–H groups in total. The van der Waals surface area contributed by atoms with Gasteiger partial charge in [-0.1, -0.05) is 18.5 Å². The number of pyridine rings is 1. The standard InChI is InChI=1S/C12H16ClF3N2/c1-5-11(2,3)18(4)10-7-8(12(14,15)16)6-9(13)17-10/h6-7H,5H2,1-4H3. The second kappa shape index (κ2) is 4.96. The van der Waals surface area contributed by atoms with Crippen LogP contribution in [0.15, 0.2) is 12.1 Å². The molecular formula is C12H16ClF3N2. The van der Waals surface area contributed by atoms with Crippen LogP contribution in [0.5, 0.6) is 0 Å². The summed E-state index contributed by atoms with van der Waals surface area (Å²) in [6, 6.07) is 1.85. The predicted octanol–water partition coefficient (Wildman–Crippen LogP) is 4.38.